The Morgan fingerprint density at radius 2 is 2.06 bits per heavy atom. The standard InChI is InChI=1S/C14H25NO/c1-3-5-6-7-8-14(15-10-4-2)13-9-11-16-12-13/h9,11-12,14-15H,3-8,10H2,1-2H3. The highest BCUT2D eigenvalue weighted by atomic mass is 16.3. The Kier molecular flexibility index (Phi) is 6.98. The van der Waals surface area contributed by atoms with Crippen molar-refractivity contribution in [2.24, 2.45) is 0 Å². The van der Waals surface area contributed by atoms with E-state index in [2.05, 4.69) is 25.2 Å². The van der Waals surface area contributed by atoms with E-state index in [1.807, 2.05) is 6.26 Å². The van der Waals surface area contributed by atoms with Gasteiger partial charge in [-0.25, -0.2) is 0 Å². The topological polar surface area (TPSA) is 25.2 Å². The van der Waals surface area contributed by atoms with Crippen LogP contribution >= 0.6 is 0 Å². The second-order valence-corrected chi connectivity index (χ2v) is 4.41. The maximum Gasteiger partial charge on any atom is 0.0950 e. The Balaban J connectivity index is 2.32. The summed E-state index contributed by atoms with van der Waals surface area (Å²) in [6.45, 7) is 5.54. The summed E-state index contributed by atoms with van der Waals surface area (Å²) in [6, 6.07) is 2.56. The van der Waals surface area contributed by atoms with Gasteiger partial charge < -0.3 is 9.73 Å². The fourth-order valence-electron chi connectivity index (χ4n) is 1.95. The van der Waals surface area contributed by atoms with Crippen LogP contribution < -0.4 is 5.32 Å². The molecule has 1 rings (SSSR count). The summed E-state index contributed by atoms with van der Waals surface area (Å²) < 4.78 is 5.16. The van der Waals surface area contributed by atoms with E-state index >= 15 is 0 Å². The molecule has 1 unspecified atom stereocenters. The molecule has 1 aromatic heterocycles. The molecular formula is C14H25NO. The van der Waals surface area contributed by atoms with E-state index in [-0.39, 0.29) is 0 Å². The second kappa shape index (κ2) is 8.40. The van der Waals surface area contributed by atoms with Crippen LogP contribution in [0.1, 0.15) is 64.0 Å². The van der Waals surface area contributed by atoms with Crippen LogP contribution in [-0.2, 0) is 0 Å². The van der Waals surface area contributed by atoms with Crippen LogP contribution in [0.5, 0.6) is 0 Å². The summed E-state index contributed by atoms with van der Waals surface area (Å²) in [7, 11) is 0. The fraction of sp³-hybridized carbons (Fsp3) is 0.714. The van der Waals surface area contributed by atoms with Gasteiger partial charge in [0.05, 0.1) is 12.5 Å². The maximum atomic E-state index is 5.16. The Hall–Kier alpha value is -0.760. The van der Waals surface area contributed by atoms with Crippen LogP contribution in [0, 0.1) is 0 Å². The first kappa shape index (κ1) is 13.3. The molecule has 2 heteroatoms. The predicted molar refractivity (Wildman–Crippen MR) is 68.5 cm³/mol. The lowest BCUT2D eigenvalue weighted by atomic mass is 10.0. The van der Waals surface area contributed by atoms with Crippen LogP contribution in [0.2, 0.25) is 0 Å². The highest BCUT2D eigenvalue weighted by molar-refractivity contribution is 5.11. The van der Waals surface area contributed by atoms with Crippen LogP contribution in [0.4, 0.5) is 0 Å². The molecule has 0 aliphatic heterocycles. The Labute approximate surface area is 99.4 Å². The van der Waals surface area contributed by atoms with Gasteiger partial charge >= 0.3 is 0 Å². The molecule has 1 atom stereocenters. The van der Waals surface area contributed by atoms with Crippen LogP contribution in [0.25, 0.3) is 0 Å². The molecule has 0 amide bonds. The molecule has 0 aliphatic rings. The van der Waals surface area contributed by atoms with Gasteiger partial charge in [0.25, 0.3) is 0 Å². The van der Waals surface area contributed by atoms with Crippen molar-refractivity contribution >= 4 is 0 Å². The highest BCUT2D eigenvalue weighted by Crippen LogP contribution is 2.20. The fourth-order valence-corrected chi connectivity index (χ4v) is 1.95. The molecule has 0 radical (unpaired) electrons. The number of rotatable bonds is 9. The van der Waals surface area contributed by atoms with E-state index in [1.54, 1.807) is 6.26 Å². The first-order valence-electron chi connectivity index (χ1n) is 6.64. The molecule has 0 spiro atoms. The lowest BCUT2D eigenvalue weighted by molar-refractivity contribution is 0.463. The monoisotopic (exact) mass is 223 g/mol. The SMILES string of the molecule is CCCCCCC(NCCC)c1ccoc1. The molecule has 0 saturated carbocycles. The molecular weight excluding hydrogens is 198 g/mol. The third-order valence-electron chi connectivity index (χ3n) is 2.93. The molecule has 1 heterocycles. The zero-order chi connectivity index (χ0) is 11.6. The van der Waals surface area contributed by atoms with Gasteiger partial charge in [-0.05, 0) is 25.5 Å². The average molecular weight is 223 g/mol. The number of nitrogens with one attached hydrogen (secondary N) is 1. The van der Waals surface area contributed by atoms with Crippen LogP contribution in [-0.4, -0.2) is 6.54 Å². The van der Waals surface area contributed by atoms with Crippen LogP contribution in [0.15, 0.2) is 23.0 Å². The quantitative estimate of drug-likeness (QED) is 0.632. The van der Waals surface area contributed by atoms with E-state index in [9.17, 15) is 0 Å². The van der Waals surface area contributed by atoms with Crippen molar-refractivity contribution in [3.63, 3.8) is 0 Å². The Morgan fingerprint density at radius 3 is 2.69 bits per heavy atom. The summed E-state index contributed by atoms with van der Waals surface area (Å²) in [6.07, 6.45) is 11.3. The van der Waals surface area contributed by atoms with Crippen molar-refractivity contribution in [1.29, 1.82) is 0 Å². The van der Waals surface area contributed by atoms with Gasteiger partial charge in [0.1, 0.15) is 0 Å². The lowest BCUT2D eigenvalue weighted by Crippen LogP contribution is -2.21. The smallest absolute Gasteiger partial charge is 0.0950 e. The molecule has 2 nitrogen and oxygen atoms in total. The third kappa shape index (κ3) is 4.84. The van der Waals surface area contributed by atoms with Gasteiger partial charge in [-0.1, -0.05) is 39.5 Å². The van der Waals surface area contributed by atoms with Crippen LogP contribution in [0.3, 0.4) is 0 Å². The zero-order valence-electron chi connectivity index (χ0n) is 10.7. The van der Waals surface area contributed by atoms with Gasteiger partial charge in [0, 0.05) is 11.6 Å². The predicted octanol–water partition coefficient (Wildman–Crippen LogP) is 4.29. The largest absolute Gasteiger partial charge is 0.472 e. The van der Waals surface area contributed by atoms with E-state index < -0.39 is 0 Å². The molecule has 0 aliphatic carbocycles. The van der Waals surface area contributed by atoms with E-state index in [4.69, 9.17) is 4.42 Å². The van der Waals surface area contributed by atoms with E-state index in [0.29, 0.717) is 6.04 Å². The van der Waals surface area contributed by atoms with Crippen molar-refractivity contribution < 1.29 is 4.42 Å². The van der Waals surface area contributed by atoms with E-state index in [1.165, 1.54) is 44.1 Å². The van der Waals surface area contributed by atoms with Crippen molar-refractivity contribution in [3.05, 3.63) is 24.2 Å². The molecule has 1 N–H and O–H groups in total. The van der Waals surface area contributed by atoms with E-state index in [0.717, 1.165) is 6.54 Å². The summed E-state index contributed by atoms with van der Waals surface area (Å²) in [5.74, 6) is 0. The Morgan fingerprint density at radius 1 is 1.19 bits per heavy atom. The highest BCUT2D eigenvalue weighted by Gasteiger charge is 2.10. The zero-order valence-corrected chi connectivity index (χ0v) is 10.7. The molecule has 92 valence electrons. The molecule has 0 saturated heterocycles. The summed E-state index contributed by atoms with van der Waals surface area (Å²) in [5, 5.41) is 3.59. The minimum Gasteiger partial charge on any atom is -0.472 e. The van der Waals surface area contributed by atoms with Gasteiger partial charge in [0.2, 0.25) is 0 Å². The third-order valence-corrected chi connectivity index (χ3v) is 2.93. The molecule has 16 heavy (non-hydrogen) atoms. The summed E-state index contributed by atoms with van der Waals surface area (Å²) in [5.41, 5.74) is 1.30. The number of unbranched alkanes of at least 4 members (excludes halogenated alkanes) is 3. The van der Waals surface area contributed by atoms with Crippen molar-refractivity contribution in [3.8, 4) is 0 Å². The number of hydrogen-bond acceptors (Lipinski definition) is 2. The Bertz CT molecular complexity index is 243. The lowest BCUT2D eigenvalue weighted by Gasteiger charge is -2.16. The molecule has 0 aromatic carbocycles. The summed E-state index contributed by atoms with van der Waals surface area (Å²) in [4.78, 5) is 0. The minimum absolute atomic E-state index is 0.482. The minimum atomic E-state index is 0.482. The molecule has 1 aromatic rings. The van der Waals surface area contributed by atoms with Crippen molar-refractivity contribution in [1.82, 2.24) is 5.32 Å². The van der Waals surface area contributed by atoms with Gasteiger partial charge in [0.15, 0.2) is 0 Å². The summed E-state index contributed by atoms with van der Waals surface area (Å²) >= 11 is 0. The molecule has 0 fully saturated rings. The second-order valence-electron chi connectivity index (χ2n) is 4.41. The maximum absolute atomic E-state index is 5.16. The van der Waals surface area contributed by atoms with Crippen molar-refractivity contribution in [2.75, 3.05) is 6.54 Å². The van der Waals surface area contributed by atoms with Gasteiger partial charge in [-0.3, -0.25) is 0 Å². The number of hydrogen-bond donors (Lipinski definition) is 1. The first-order valence-corrected chi connectivity index (χ1v) is 6.64. The molecule has 0 bridgehead atoms. The number of furan rings is 1. The van der Waals surface area contributed by atoms with Crippen molar-refractivity contribution in [2.45, 2.75) is 58.4 Å². The van der Waals surface area contributed by atoms with Gasteiger partial charge in [-0.2, -0.15) is 0 Å². The van der Waals surface area contributed by atoms with Gasteiger partial charge in [-0.15, -0.1) is 0 Å². The first-order chi connectivity index (χ1) is 7.88. The average Bonchev–Trinajstić information content (AvgIpc) is 2.82. The normalized spacial score (nSPS) is 12.9.